The van der Waals surface area contributed by atoms with Gasteiger partial charge in [-0.3, -0.25) is 4.99 Å². The predicted octanol–water partition coefficient (Wildman–Crippen LogP) is 1.44. The molecule has 3 aliphatic rings. The Labute approximate surface area is 157 Å². The lowest BCUT2D eigenvalue weighted by Gasteiger charge is -2.31. The Balaban J connectivity index is 1.49. The van der Waals surface area contributed by atoms with Gasteiger partial charge in [-0.25, -0.2) is 8.42 Å². The van der Waals surface area contributed by atoms with Crippen LogP contribution in [0.5, 0.6) is 0 Å². The molecule has 7 nitrogen and oxygen atoms in total. The quantitative estimate of drug-likeness (QED) is 0.548. The van der Waals surface area contributed by atoms with Gasteiger partial charge < -0.3 is 20.1 Å². The maximum atomic E-state index is 11.6. The molecule has 0 aromatic heterocycles. The van der Waals surface area contributed by atoms with Gasteiger partial charge in [-0.05, 0) is 39.0 Å². The second-order valence-electron chi connectivity index (χ2n) is 8.16. The van der Waals surface area contributed by atoms with E-state index in [0.29, 0.717) is 31.9 Å². The number of hydrogen-bond acceptors (Lipinski definition) is 5. The molecule has 1 saturated carbocycles. The largest absolute Gasteiger partial charge is 0.354 e. The van der Waals surface area contributed by atoms with Crippen molar-refractivity contribution in [1.29, 1.82) is 0 Å². The number of ether oxygens (including phenoxy) is 2. The highest BCUT2D eigenvalue weighted by atomic mass is 32.2. The van der Waals surface area contributed by atoms with E-state index in [9.17, 15) is 8.42 Å². The molecular weight excluding hydrogens is 354 g/mol. The maximum Gasteiger partial charge on any atom is 0.191 e. The van der Waals surface area contributed by atoms with Gasteiger partial charge in [0.15, 0.2) is 21.6 Å². The predicted molar refractivity (Wildman–Crippen MR) is 102 cm³/mol. The molecule has 0 aromatic carbocycles. The Morgan fingerprint density at radius 2 is 2.04 bits per heavy atom. The molecule has 8 heteroatoms. The highest BCUT2D eigenvalue weighted by Gasteiger charge is 2.42. The van der Waals surface area contributed by atoms with Crippen molar-refractivity contribution >= 4 is 15.8 Å². The Bertz CT molecular complexity index is 600. The number of nitrogens with zero attached hydrogens (tertiary/aromatic N) is 1. The molecule has 1 spiro atoms. The standard InChI is InChI=1S/C18H33N3O4S/c1-14(2)21-17(19-10-15-6-9-26(22,23)13-15)20-11-16-12-24-18(25-16)7-4-3-5-8-18/h14-16H,3-13H2,1-2H3,(H2,19,20,21). The van der Waals surface area contributed by atoms with Crippen molar-refractivity contribution in [2.45, 2.75) is 70.3 Å². The van der Waals surface area contributed by atoms with E-state index >= 15 is 0 Å². The summed E-state index contributed by atoms with van der Waals surface area (Å²) in [5.41, 5.74) is 0. The number of aliphatic imine (C=N–C) groups is 1. The molecule has 2 saturated heterocycles. The molecule has 3 fully saturated rings. The summed E-state index contributed by atoms with van der Waals surface area (Å²) in [7, 11) is -2.85. The second kappa shape index (κ2) is 8.44. The Hall–Kier alpha value is -0.860. The van der Waals surface area contributed by atoms with Crippen molar-refractivity contribution in [2.24, 2.45) is 10.9 Å². The van der Waals surface area contributed by atoms with Gasteiger partial charge in [-0.15, -0.1) is 0 Å². The van der Waals surface area contributed by atoms with Gasteiger partial charge in [0, 0.05) is 32.0 Å². The van der Waals surface area contributed by atoms with E-state index < -0.39 is 9.84 Å². The van der Waals surface area contributed by atoms with Crippen LogP contribution >= 0.6 is 0 Å². The molecule has 0 aromatic rings. The average molecular weight is 388 g/mol. The fraction of sp³-hybridized carbons (Fsp3) is 0.944. The van der Waals surface area contributed by atoms with E-state index in [1.165, 1.54) is 19.3 Å². The van der Waals surface area contributed by atoms with Crippen LogP contribution in [-0.2, 0) is 19.3 Å². The lowest BCUT2D eigenvalue weighted by atomic mass is 9.94. The Morgan fingerprint density at radius 1 is 1.27 bits per heavy atom. The Morgan fingerprint density at radius 3 is 2.69 bits per heavy atom. The fourth-order valence-electron chi connectivity index (χ4n) is 3.94. The molecule has 2 unspecified atom stereocenters. The average Bonchev–Trinajstić information content (AvgIpc) is 3.13. The zero-order chi connectivity index (χ0) is 18.6. The molecule has 0 bridgehead atoms. The van der Waals surface area contributed by atoms with E-state index in [1.807, 2.05) is 0 Å². The molecule has 2 aliphatic heterocycles. The summed E-state index contributed by atoms with van der Waals surface area (Å²) in [5.74, 6) is 1.04. The molecule has 26 heavy (non-hydrogen) atoms. The topological polar surface area (TPSA) is 89.0 Å². The SMILES string of the molecule is CC(C)NC(=NCC1CCS(=O)(=O)C1)NCC1COC2(CCCCC2)O1. The van der Waals surface area contributed by atoms with Crippen LogP contribution in [0.15, 0.2) is 4.99 Å². The minimum Gasteiger partial charge on any atom is -0.354 e. The minimum atomic E-state index is -2.85. The summed E-state index contributed by atoms with van der Waals surface area (Å²) in [4.78, 5) is 4.61. The van der Waals surface area contributed by atoms with E-state index in [-0.39, 0.29) is 29.6 Å². The van der Waals surface area contributed by atoms with E-state index in [4.69, 9.17) is 9.47 Å². The smallest absolute Gasteiger partial charge is 0.191 e. The molecule has 2 atom stereocenters. The third kappa shape index (κ3) is 5.57. The van der Waals surface area contributed by atoms with Crippen LogP contribution in [0.3, 0.4) is 0 Å². The van der Waals surface area contributed by atoms with Gasteiger partial charge in [0.05, 0.1) is 18.1 Å². The third-order valence-corrected chi connectivity index (χ3v) is 7.12. The van der Waals surface area contributed by atoms with Crippen LogP contribution in [0.25, 0.3) is 0 Å². The van der Waals surface area contributed by atoms with Gasteiger partial charge >= 0.3 is 0 Å². The van der Waals surface area contributed by atoms with E-state index in [1.54, 1.807) is 0 Å². The van der Waals surface area contributed by atoms with Gasteiger partial charge in [0.25, 0.3) is 0 Å². The lowest BCUT2D eigenvalue weighted by molar-refractivity contribution is -0.186. The third-order valence-electron chi connectivity index (χ3n) is 5.29. The van der Waals surface area contributed by atoms with Crippen molar-refractivity contribution in [3.8, 4) is 0 Å². The summed E-state index contributed by atoms with van der Waals surface area (Å²) < 4.78 is 35.4. The van der Waals surface area contributed by atoms with E-state index in [2.05, 4.69) is 29.5 Å². The highest BCUT2D eigenvalue weighted by molar-refractivity contribution is 7.91. The van der Waals surface area contributed by atoms with Crippen molar-refractivity contribution in [1.82, 2.24) is 10.6 Å². The molecule has 0 radical (unpaired) electrons. The summed E-state index contributed by atoms with van der Waals surface area (Å²) >= 11 is 0. The molecule has 1 aliphatic carbocycles. The first-order chi connectivity index (χ1) is 12.4. The van der Waals surface area contributed by atoms with Gasteiger partial charge in [-0.1, -0.05) is 6.42 Å². The second-order valence-corrected chi connectivity index (χ2v) is 10.4. The molecular formula is C18H33N3O4S. The van der Waals surface area contributed by atoms with Crippen LogP contribution in [0, 0.1) is 5.92 Å². The lowest BCUT2D eigenvalue weighted by Crippen LogP contribution is -2.45. The molecule has 3 rings (SSSR count). The van der Waals surface area contributed by atoms with E-state index in [0.717, 1.165) is 18.8 Å². The van der Waals surface area contributed by atoms with Crippen LogP contribution in [0.1, 0.15) is 52.4 Å². The summed E-state index contributed by atoms with van der Waals surface area (Å²) in [6.45, 7) is 5.91. The summed E-state index contributed by atoms with van der Waals surface area (Å²) in [6.07, 6.45) is 6.33. The van der Waals surface area contributed by atoms with Crippen molar-refractivity contribution < 1.29 is 17.9 Å². The molecule has 150 valence electrons. The monoisotopic (exact) mass is 387 g/mol. The normalized spacial score (nSPS) is 30.8. The summed E-state index contributed by atoms with van der Waals surface area (Å²) in [5, 5.41) is 6.66. The Kier molecular flexibility index (Phi) is 6.45. The maximum absolute atomic E-state index is 11.6. The zero-order valence-electron chi connectivity index (χ0n) is 16.0. The van der Waals surface area contributed by atoms with Crippen molar-refractivity contribution in [3.63, 3.8) is 0 Å². The highest BCUT2D eigenvalue weighted by Crippen LogP contribution is 2.37. The molecule has 2 heterocycles. The van der Waals surface area contributed by atoms with Crippen LogP contribution < -0.4 is 10.6 Å². The first-order valence-electron chi connectivity index (χ1n) is 9.93. The number of guanidine groups is 1. The number of sulfone groups is 1. The number of nitrogens with one attached hydrogen (secondary N) is 2. The van der Waals surface area contributed by atoms with Crippen molar-refractivity contribution in [3.05, 3.63) is 0 Å². The number of hydrogen-bond donors (Lipinski definition) is 2. The van der Waals surface area contributed by atoms with Gasteiger partial charge in [0.2, 0.25) is 0 Å². The molecule has 0 amide bonds. The molecule has 2 N–H and O–H groups in total. The van der Waals surface area contributed by atoms with Gasteiger partial charge in [-0.2, -0.15) is 0 Å². The minimum absolute atomic E-state index is 0.0270. The van der Waals surface area contributed by atoms with Gasteiger partial charge in [0.1, 0.15) is 6.10 Å². The number of rotatable bonds is 5. The van der Waals surface area contributed by atoms with Crippen LogP contribution in [0.4, 0.5) is 0 Å². The van der Waals surface area contributed by atoms with Crippen molar-refractivity contribution in [2.75, 3.05) is 31.2 Å². The summed E-state index contributed by atoms with van der Waals surface area (Å²) in [6, 6.07) is 0.249. The fourth-order valence-corrected chi connectivity index (χ4v) is 5.79. The van der Waals surface area contributed by atoms with Crippen LogP contribution in [-0.4, -0.2) is 63.5 Å². The first-order valence-corrected chi connectivity index (χ1v) is 11.7. The first kappa shape index (κ1) is 19.9. The zero-order valence-corrected chi connectivity index (χ0v) is 16.8. The van der Waals surface area contributed by atoms with Crippen LogP contribution in [0.2, 0.25) is 0 Å².